The number of allylic oxidation sites excluding steroid dienone is 1. The summed E-state index contributed by atoms with van der Waals surface area (Å²) in [5.74, 6) is -0.0808. The van der Waals surface area contributed by atoms with Gasteiger partial charge in [0, 0.05) is 19.5 Å². The molecule has 2 amide bonds. The number of nitrogens with zero attached hydrogens (tertiary/aromatic N) is 1. The maximum atomic E-state index is 12.0. The topological polar surface area (TPSA) is 49.4 Å². The highest BCUT2D eigenvalue weighted by Crippen LogP contribution is 2.12. The first-order valence-corrected chi connectivity index (χ1v) is 5.19. The standard InChI is InChI=1S/C11H18N2O2/c1-4-5-7-13-8-6-9(14)12-11(2,3)10(13)15/h4-5H,6-8H2,1-3H3,(H,12,14)/b5-4+. The lowest BCUT2D eigenvalue weighted by molar-refractivity contribution is -0.136. The van der Waals surface area contributed by atoms with Gasteiger partial charge in [-0.1, -0.05) is 12.2 Å². The third kappa shape index (κ3) is 2.81. The molecule has 1 aliphatic heterocycles. The number of hydrogen-bond donors (Lipinski definition) is 1. The van der Waals surface area contributed by atoms with Gasteiger partial charge in [0.05, 0.1) is 0 Å². The van der Waals surface area contributed by atoms with E-state index in [1.165, 1.54) is 0 Å². The van der Waals surface area contributed by atoms with Crippen LogP contribution in [0.5, 0.6) is 0 Å². The molecule has 0 aromatic carbocycles. The van der Waals surface area contributed by atoms with E-state index in [1.54, 1.807) is 18.7 Å². The zero-order chi connectivity index (χ0) is 11.5. The van der Waals surface area contributed by atoms with Gasteiger partial charge in [-0.05, 0) is 20.8 Å². The van der Waals surface area contributed by atoms with Crippen molar-refractivity contribution in [3.63, 3.8) is 0 Å². The number of amides is 2. The van der Waals surface area contributed by atoms with Crippen LogP contribution in [0, 0.1) is 0 Å². The molecule has 0 atom stereocenters. The number of nitrogens with one attached hydrogen (secondary N) is 1. The molecule has 0 aromatic heterocycles. The minimum atomic E-state index is -0.783. The highest BCUT2D eigenvalue weighted by atomic mass is 16.2. The Morgan fingerprint density at radius 1 is 1.47 bits per heavy atom. The second-order valence-electron chi connectivity index (χ2n) is 4.24. The Morgan fingerprint density at radius 2 is 2.13 bits per heavy atom. The molecule has 1 aliphatic rings. The molecule has 1 heterocycles. The Hall–Kier alpha value is -1.32. The van der Waals surface area contributed by atoms with Crippen molar-refractivity contribution in [3.05, 3.63) is 12.2 Å². The van der Waals surface area contributed by atoms with Crippen LogP contribution in [-0.4, -0.2) is 35.3 Å². The predicted octanol–water partition coefficient (Wildman–Crippen LogP) is 0.690. The highest BCUT2D eigenvalue weighted by Gasteiger charge is 2.35. The number of rotatable bonds is 2. The SMILES string of the molecule is C/C=C/CN1CCC(=O)NC(C)(C)C1=O. The van der Waals surface area contributed by atoms with Crippen LogP contribution in [0.3, 0.4) is 0 Å². The first kappa shape index (κ1) is 11.8. The van der Waals surface area contributed by atoms with Crippen LogP contribution in [0.2, 0.25) is 0 Å². The van der Waals surface area contributed by atoms with Crippen molar-refractivity contribution in [2.75, 3.05) is 13.1 Å². The molecule has 1 saturated heterocycles. The van der Waals surface area contributed by atoms with E-state index < -0.39 is 5.54 Å². The lowest BCUT2D eigenvalue weighted by atomic mass is 10.0. The molecule has 0 saturated carbocycles. The van der Waals surface area contributed by atoms with E-state index >= 15 is 0 Å². The molecule has 0 aromatic rings. The first-order chi connectivity index (χ1) is 6.97. The number of carbonyl (C=O) groups excluding carboxylic acids is 2. The fraction of sp³-hybridized carbons (Fsp3) is 0.636. The quantitative estimate of drug-likeness (QED) is 0.682. The lowest BCUT2D eigenvalue weighted by Gasteiger charge is -2.27. The van der Waals surface area contributed by atoms with Crippen LogP contribution in [0.4, 0.5) is 0 Å². The van der Waals surface area contributed by atoms with E-state index in [0.717, 1.165) is 0 Å². The van der Waals surface area contributed by atoms with Gasteiger partial charge in [0.25, 0.3) is 0 Å². The zero-order valence-corrected chi connectivity index (χ0v) is 9.54. The summed E-state index contributed by atoms with van der Waals surface area (Å²) >= 11 is 0. The van der Waals surface area contributed by atoms with Gasteiger partial charge in [0.2, 0.25) is 11.8 Å². The molecule has 4 heteroatoms. The summed E-state index contributed by atoms with van der Waals surface area (Å²) in [6, 6.07) is 0. The van der Waals surface area contributed by atoms with Crippen LogP contribution < -0.4 is 5.32 Å². The van der Waals surface area contributed by atoms with E-state index in [1.807, 2.05) is 19.1 Å². The third-order valence-corrected chi connectivity index (χ3v) is 2.44. The van der Waals surface area contributed by atoms with Crippen molar-refractivity contribution in [3.8, 4) is 0 Å². The Bertz CT molecular complexity index is 295. The van der Waals surface area contributed by atoms with E-state index in [9.17, 15) is 9.59 Å². The molecule has 0 aliphatic carbocycles. The average molecular weight is 210 g/mol. The van der Waals surface area contributed by atoms with Gasteiger partial charge in [0.1, 0.15) is 5.54 Å². The zero-order valence-electron chi connectivity index (χ0n) is 9.54. The maximum Gasteiger partial charge on any atom is 0.248 e. The Kier molecular flexibility index (Phi) is 3.50. The van der Waals surface area contributed by atoms with Crippen molar-refractivity contribution in [2.45, 2.75) is 32.7 Å². The molecule has 4 nitrogen and oxygen atoms in total. The largest absolute Gasteiger partial charge is 0.342 e. The van der Waals surface area contributed by atoms with Crippen LogP contribution in [0.25, 0.3) is 0 Å². The van der Waals surface area contributed by atoms with E-state index in [-0.39, 0.29) is 11.8 Å². The monoisotopic (exact) mass is 210 g/mol. The van der Waals surface area contributed by atoms with Gasteiger partial charge >= 0.3 is 0 Å². The van der Waals surface area contributed by atoms with Crippen molar-refractivity contribution in [1.29, 1.82) is 0 Å². The van der Waals surface area contributed by atoms with Gasteiger partial charge < -0.3 is 10.2 Å². The third-order valence-electron chi connectivity index (χ3n) is 2.44. The van der Waals surface area contributed by atoms with Crippen molar-refractivity contribution in [2.24, 2.45) is 0 Å². The average Bonchev–Trinajstić information content (AvgIpc) is 2.24. The van der Waals surface area contributed by atoms with Crippen LogP contribution in [-0.2, 0) is 9.59 Å². The first-order valence-electron chi connectivity index (χ1n) is 5.19. The normalized spacial score (nSPS) is 21.7. The Labute approximate surface area is 90.3 Å². The summed E-state index contributed by atoms with van der Waals surface area (Å²) in [5.41, 5.74) is -0.783. The fourth-order valence-electron chi connectivity index (χ4n) is 1.60. The van der Waals surface area contributed by atoms with Gasteiger partial charge in [-0.2, -0.15) is 0 Å². The number of hydrogen-bond acceptors (Lipinski definition) is 2. The van der Waals surface area contributed by atoms with E-state index in [0.29, 0.717) is 19.5 Å². The molecule has 1 rings (SSSR count). The van der Waals surface area contributed by atoms with Gasteiger partial charge in [-0.25, -0.2) is 0 Å². The molecule has 0 unspecified atom stereocenters. The van der Waals surface area contributed by atoms with Crippen molar-refractivity contribution in [1.82, 2.24) is 10.2 Å². The smallest absolute Gasteiger partial charge is 0.248 e. The molecule has 84 valence electrons. The molecular weight excluding hydrogens is 192 g/mol. The summed E-state index contributed by atoms with van der Waals surface area (Å²) in [4.78, 5) is 25.1. The summed E-state index contributed by atoms with van der Waals surface area (Å²) in [5, 5.41) is 2.72. The minimum Gasteiger partial charge on any atom is -0.342 e. The van der Waals surface area contributed by atoms with E-state index in [2.05, 4.69) is 5.32 Å². The summed E-state index contributed by atoms with van der Waals surface area (Å²) < 4.78 is 0. The van der Waals surface area contributed by atoms with E-state index in [4.69, 9.17) is 0 Å². The molecule has 15 heavy (non-hydrogen) atoms. The van der Waals surface area contributed by atoms with Gasteiger partial charge in [0.15, 0.2) is 0 Å². The van der Waals surface area contributed by atoms with Crippen LogP contribution in [0.15, 0.2) is 12.2 Å². The van der Waals surface area contributed by atoms with Crippen molar-refractivity contribution >= 4 is 11.8 Å². The second-order valence-corrected chi connectivity index (χ2v) is 4.24. The van der Waals surface area contributed by atoms with Crippen LogP contribution >= 0.6 is 0 Å². The molecule has 1 N–H and O–H groups in total. The summed E-state index contributed by atoms with van der Waals surface area (Å²) in [6.45, 7) is 6.46. The molecule has 0 bridgehead atoms. The van der Waals surface area contributed by atoms with Crippen LogP contribution in [0.1, 0.15) is 27.2 Å². The summed E-state index contributed by atoms with van der Waals surface area (Å²) in [7, 11) is 0. The Morgan fingerprint density at radius 3 is 2.73 bits per heavy atom. The maximum absolute atomic E-state index is 12.0. The highest BCUT2D eigenvalue weighted by molar-refractivity contribution is 5.92. The predicted molar refractivity (Wildman–Crippen MR) is 58.2 cm³/mol. The fourth-order valence-corrected chi connectivity index (χ4v) is 1.60. The summed E-state index contributed by atoms with van der Waals surface area (Å²) in [6.07, 6.45) is 4.21. The Balaban J connectivity index is 2.80. The van der Waals surface area contributed by atoms with Crippen molar-refractivity contribution < 1.29 is 9.59 Å². The molecular formula is C11H18N2O2. The molecule has 0 radical (unpaired) electrons. The lowest BCUT2D eigenvalue weighted by Crippen LogP contribution is -2.52. The number of carbonyl (C=O) groups is 2. The second kappa shape index (κ2) is 4.47. The van der Waals surface area contributed by atoms with Gasteiger partial charge in [-0.15, -0.1) is 0 Å². The van der Waals surface area contributed by atoms with Gasteiger partial charge in [-0.3, -0.25) is 9.59 Å². The molecule has 1 fully saturated rings. The molecule has 0 spiro atoms. The minimum absolute atomic E-state index is 0.0218.